The monoisotopic (exact) mass is 230 g/mol. The fourth-order valence-corrected chi connectivity index (χ4v) is 1.35. The van der Waals surface area contributed by atoms with Crippen molar-refractivity contribution in [2.75, 3.05) is 6.61 Å². The van der Waals surface area contributed by atoms with Crippen molar-refractivity contribution in [3.63, 3.8) is 0 Å². The Kier molecular flexibility index (Phi) is 8.26. The molecule has 0 aliphatic carbocycles. The Hall–Kier alpha value is -0.570. The highest BCUT2D eigenvalue weighted by Gasteiger charge is 2.29. The molecular weight excluding hydrogens is 204 g/mol. The Balaban J connectivity index is 3.42. The lowest BCUT2D eigenvalue weighted by atomic mass is 10.0. The Bertz CT molecular complexity index is 188. The van der Waals surface area contributed by atoms with Crippen LogP contribution in [-0.4, -0.2) is 23.3 Å². The minimum Gasteiger partial charge on any atom is -0.464 e. The van der Waals surface area contributed by atoms with Gasteiger partial charge in [-0.3, -0.25) is 0 Å². The van der Waals surface area contributed by atoms with E-state index < -0.39 is 11.6 Å². The van der Waals surface area contributed by atoms with E-state index in [0.29, 0.717) is 13.0 Å². The number of unbranched alkanes of at least 4 members (excludes halogenated alkanes) is 5. The zero-order chi connectivity index (χ0) is 12.4. The van der Waals surface area contributed by atoms with Crippen LogP contribution in [0.1, 0.15) is 65.7 Å². The molecule has 0 spiro atoms. The van der Waals surface area contributed by atoms with Crippen molar-refractivity contribution in [2.24, 2.45) is 0 Å². The second-order valence-corrected chi connectivity index (χ2v) is 4.53. The molecule has 0 saturated carbocycles. The summed E-state index contributed by atoms with van der Waals surface area (Å²) in [6, 6.07) is 0. The molecule has 0 rings (SSSR count). The highest BCUT2D eigenvalue weighted by molar-refractivity contribution is 5.78. The predicted molar refractivity (Wildman–Crippen MR) is 65.2 cm³/mol. The van der Waals surface area contributed by atoms with Gasteiger partial charge in [0.25, 0.3) is 0 Å². The molecule has 0 aliphatic rings. The number of esters is 1. The maximum atomic E-state index is 11.4. The largest absolute Gasteiger partial charge is 0.464 e. The van der Waals surface area contributed by atoms with Crippen molar-refractivity contribution in [1.82, 2.24) is 0 Å². The van der Waals surface area contributed by atoms with E-state index in [2.05, 4.69) is 6.92 Å². The number of ether oxygens (including phenoxy) is 1. The fourth-order valence-electron chi connectivity index (χ4n) is 1.35. The molecule has 0 aromatic rings. The summed E-state index contributed by atoms with van der Waals surface area (Å²) in [6.45, 7) is 5.89. The number of carbonyl (C=O) groups is 1. The number of hydrogen-bond donors (Lipinski definition) is 1. The zero-order valence-electron chi connectivity index (χ0n) is 10.9. The van der Waals surface area contributed by atoms with E-state index in [4.69, 9.17) is 4.74 Å². The van der Waals surface area contributed by atoms with Crippen LogP contribution in [0, 0.1) is 0 Å². The molecule has 1 atom stereocenters. The normalized spacial score (nSPS) is 14.5. The van der Waals surface area contributed by atoms with Gasteiger partial charge in [0, 0.05) is 0 Å². The quantitative estimate of drug-likeness (QED) is 0.489. The maximum absolute atomic E-state index is 11.4. The number of rotatable bonds is 9. The van der Waals surface area contributed by atoms with Gasteiger partial charge in [0.15, 0.2) is 5.60 Å². The molecule has 0 fully saturated rings. The average molecular weight is 230 g/mol. The second-order valence-electron chi connectivity index (χ2n) is 4.53. The lowest BCUT2D eigenvalue weighted by Gasteiger charge is -2.18. The molecule has 0 saturated heterocycles. The summed E-state index contributed by atoms with van der Waals surface area (Å²) in [6.07, 6.45) is 7.38. The number of hydrogen-bond acceptors (Lipinski definition) is 3. The molecule has 1 unspecified atom stereocenters. The SMILES string of the molecule is CCCCCCCCOC(=O)C(C)(O)CC. The molecule has 3 heteroatoms. The van der Waals surface area contributed by atoms with Crippen LogP contribution in [0.5, 0.6) is 0 Å². The minimum absolute atomic E-state index is 0.391. The van der Waals surface area contributed by atoms with Gasteiger partial charge in [-0.2, -0.15) is 0 Å². The zero-order valence-corrected chi connectivity index (χ0v) is 10.9. The highest BCUT2D eigenvalue weighted by atomic mass is 16.5. The van der Waals surface area contributed by atoms with Gasteiger partial charge in [-0.25, -0.2) is 4.79 Å². The van der Waals surface area contributed by atoms with E-state index in [1.165, 1.54) is 32.6 Å². The van der Waals surface area contributed by atoms with E-state index in [1.54, 1.807) is 6.92 Å². The lowest BCUT2D eigenvalue weighted by Crippen LogP contribution is -2.36. The van der Waals surface area contributed by atoms with Crippen LogP contribution >= 0.6 is 0 Å². The first-order valence-electron chi connectivity index (χ1n) is 6.44. The van der Waals surface area contributed by atoms with Crippen molar-refractivity contribution in [2.45, 2.75) is 71.3 Å². The topological polar surface area (TPSA) is 46.5 Å². The summed E-state index contributed by atoms with van der Waals surface area (Å²) in [5.74, 6) is -0.497. The van der Waals surface area contributed by atoms with Crippen molar-refractivity contribution in [1.29, 1.82) is 0 Å². The third-order valence-corrected chi connectivity index (χ3v) is 2.86. The summed E-state index contributed by atoms with van der Waals surface area (Å²) < 4.78 is 5.02. The molecular formula is C13H26O3. The van der Waals surface area contributed by atoms with Crippen LogP contribution in [0.25, 0.3) is 0 Å². The predicted octanol–water partition coefficient (Wildman–Crippen LogP) is 3.05. The second kappa shape index (κ2) is 8.57. The molecule has 96 valence electrons. The standard InChI is InChI=1S/C13H26O3/c1-4-6-7-8-9-10-11-16-12(14)13(3,15)5-2/h15H,4-11H2,1-3H3. The highest BCUT2D eigenvalue weighted by Crippen LogP contribution is 2.11. The Morgan fingerprint density at radius 3 is 2.25 bits per heavy atom. The van der Waals surface area contributed by atoms with Gasteiger partial charge in [0.05, 0.1) is 6.61 Å². The molecule has 0 radical (unpaired) electrons. The lowest BCUT2D eigenvalue weighted by molar-refractivity contribution is -0.164. The van der Waals surface area contributed by atoms with E-state index >= 15 is 0 Å². The van der Waals surface area contributed by atoms with Crippen LogP contribution < -0.4 is 0 Å². The van der Waals surface area contributed by atoms with E-state index in [9.17, 15) is 9.90 Å². The van der Waals surface area contributed by atoms with Crippen molar-refractivity contribution in [3.05, 3.63) is 0 Å². The van der Waals surface area contributed by atoms with Gasteiger partial charge in [-0.05, 0) is 19.8 Å². The summed E-state index contributed by atoms with van der Waals surface area (Å²) in [5.41, 5.74) is -1.32. The smallest absolute Gasteiger partial charge is 0.337 e. The van der Waals surface area contributed by atoms with Crippen LogP contribution in [0.4, 0.5) is 0 Å². The Morgan fingerprint density at radius 1 is 1.12 bits per heavy atom. The van der Waals surface area contributed by atoms with Gasteiger partial charge in [0.1, 0.15) is 0 Å². The Labute approximate surface area is 99.2 Å². The van der Waals surface area contributed by atoms with Crippen LogP contribution in [0.3, 0.4) is 0 Å². The first-order chi connectivity index (χ1) is 7.54. The average Bonchev–Trinajstić information content (AvgIpc) is 2.27. The number of carbonyl (C=O) groups excluding carboxylic acids is 1. The summed E-state index contributed by atoms with van der Waals surface area (Å²) in [5, 5.41) is 9.59. The summed E-state index contributed by atoms with van der Waals surface area (Å²) >= 11 is 0. The molecule has 16 heavy (non-hydrogen) atoms. The molecule has 0 aromatic heterocycles. The van der Waals surface area contributed by atoms with Crippen molar-refractivity contribution in [3.8, 4) is 0 Å². The fraction of sp³-hybridized carbons (Fsp3) is 0.923. The van der Waals surface area contributed by atoms with Gasteiger partial charge < -0.3 is 9.84 Å². The summed E-state index contributed by atoms with van der Waals surface area (Å²) in [7, 11) is 0. The van der Waals surface area contributed by atoms with Crippen molar-refractivity contribution < 1.29 is 14.6 Å². The van der Waals surface area contributed by atoms with E-state index in [1.807, 2.05) is 0 Å². The van der Waals surface area contributed by atoms with Gasteiger partial charge in [0.2, 0.25) is 0 Å². The third kappa shape index (κ3) is 6.83. The first-order valence-corrected chi connectivity index (χ1v) is 6.44. The summed E-state index contributed by atoms with van der Waals surface area (Å²) in [4.78, 5) is 11.4. The van der Waals surface area contributed by atoms with Crippen LogP contribution in [0.2, 0.25) is 0 Å². The number of aliphatic hydroxyl groups is 1. The minimum atomic E-state index is -1.32. The molecule has 0 bridgehead atoms. The maximum Gasteiger partial charge on any atom is 0.337 e. The van der Waals surface area contributed by atoms with E-state index in [-0.39, 0.29) is 0 Å². The van der Waals surface area contributed by atoms with Crippen LogP contribution in [0.15, 0.2) is 0 Å². The first kappa shape index (κ1) is 15.4. The van der Waals surface area contributed by atoms with Gasteiger partial charge in [-0.15, -0.1) is 0 Å². The molecule has 3 nitrogen and oxygen atoms in total. The van der Waals surface area contributed by atoms with Gasteiger partial charge >= 0.3 is 5.97 Å². The third-order valence-electron chi connectivity index (χ3n) is 2.86. The van der Waals surface area contributed by atoms with E-state index in [0.717, 1.165) is 12.8 Å². The molecule has 0 heterocycles. The molecule has 0 aromatic carbocycles. The van der Waals surface area contributed by atoms with Crippen LogP contribution in [-0.2, 0) is 9.53 Å². The van der Waals surface area contributed by atoms with Gasteiger partial charge in [-0.1, -0.05) is 46.0 Å². The molecule has 0 amide bonds. The van der Waals surface area contributed by atoms with Crippen molar-refractivity contribution >= 4 is 5.97 Å². The molecule has 0 aliphatic heterocycles. The Morgan fingerprint density at radius 2 is 1.69 bits per heavy atom. The molecule has 1 N–H and O–H groups in total.